The average Bonchev–Trinajstić information content (AvgIpc) is 3.37. The Morgan fingerprint density at radius 2 is 2.32 bits per heavy atom. The molecule has 0 radical (unpaired) electrons. The highest BCUT2D eigenvalue weighted by molar-refractivity contribution is 5.86. The van der Waals surface area contributed by atoms with Crippen LogP contribution in [0.1, 0.15) is 24.3 Å². The van der Waals surface area contributed by atoms with Crippen molar-refractivity contribution in [1.82, 2.24) is 14.7 Å². The molecular formula is C18H17N5O2. The van der Waals surface area contributed by atoms with Gasteiger partial charge in [-0.25, -0.2) is 4.98 Å². The maximum atomic E-state index is 12.6. The Morgan fingerprint density at radius 1 is 1.40 bits per heavy atom. The number of hydrogen-bond acceptors (Lipinski definition) is 5. The van der Waals surface area contributed by atoms with E-state index in [1.165, 1.54) is 0 Å². The maximum absolute atomic E-state index is 12.6. The first kappa shape index (κ1) is 15.3. The minimum atomic E-state index is -0.327. The summed E-state index contributed by atoms with van der Waals surface area (Å²) >= 11 is 0. The van der Waals surface area contributed by atoms with E-state index in [9.17, 15) is 10.1 Å². The Bertz CT molecular complexity index is 938. The van der Waals surface area contributed by atoms with E-state index < -0.39 is 0 Å². The van der Waals surface area contributed by atoms with Crippen LogP contribution in [0.25, 0.3) is 5.65 Å². The van der Waals surface area contributed by atoms with Gasteiger partial charge < -0.3 is 14.6 Å². The van der Waals surface area contributed by atoms with E-state index in [0.29, 0.717) is 36.0 Å². The number of nitriles is 1. The number of imidazole rings is 1. The van der Waals surface area contributed by atoms with Gasteiger partial charge >= 0.3 is 0 Å². The van der Waals surface area contributed by atoms with E-state index in [1.807, 2.05) is 35.4 Å². The Hall–Kier alpha value is -3.27. The smallest absolute Gasteiger partial charge is 0.243 e. The summed E-state index contributed by atoms with van der Waals surface area (Å²) in [7, 11) is 0. The van der Waals surface area contributed by atoms with Crippen LogP contribution in [0.15, 0.2) is 47.2 Å². The van der Waals surface area contributed by atoms with Gasteiger partial charge in [-0.05, 0) is 37.1 Å². The van der Waals surface area contributed by atoms with E-state index in [1.54, 1.807) is 16.7 Å². The minimum Gasteiger partial charge on any atom is -0.467 e. The number of anilines is 1. The van der Waals surface area contributed by atoms with Gasteiger partial charge in [-0.2, -0.15) is 5.26 Å². The quantitative estimate of drug-likeness (QED) is 0.789. The molecule has 1 fully saturated rings. The van der Waals surface area contributed by atoms with Crippen LogP contribution >= 0.6 is 0 Å². The fourth-order valence-corrected chi connectivity index (χ4v) is 3.29. The van der Waals surface area contributed by atoms with Crippen molar-refractivity contribution in [3.05, 3.63) is 54.2 Å². The van der Waals surface area contributed by atoms with Crippen LogP contribution in [0.2, 0.25) is 0 Å². The van der Waals surface area contributed by atoms with Crippen molar-refractivity contribution in [3.63, 3.8) is 0 Å². The molecule has 0 spiro atoms. The summed E-state index contributed by atoms with van der Waals surface area (Å²) in [4.78, 5) is 19.1. The van der Waals surface area contributed by atoms with Crippen molar-refractivity contribution in [1.29, 1.82) is 5.26 Å². The predicted octanol–water partition coefficient (Wildman–Crippen LogP) is 2.08. The number of nitrogens with zero attached hydrogens (tertiary/aromatic N) is 4. The molecule has 126 valence electrons. The summed E-state index contributed by atoms with van der Waals surface area (Å²) < 4.78 is 7.00. The van der Waals surface area contributed by atoms with Crippen LogP contribution in [0.4, 0.5) is 5.82 Å². The molecule has 7 nitrogen and oxygen atoms in total. The second kappa shape index (κ2) is 6.32. The second-order valence-electron chi connectivity index (χ2n) is 5.97. The van der Waals surface area contributed by atoms with Crippen molar-refractivity contribution >= 4 is 17.4 Å². The van der Waals surface area contributed by atoms with E-state index in [0.717, 1.165) is 12.8 Å². The molecule has 1 aliphatic rings. The normalized spacial score (nSPS) is 16.9. The third-order valence-electron chi connectivity index (χ3n) is 4.46. The molecule has 25 heavy (non-hydrogen) atoms. The second-order valence-corrected chi connectivity index (χ2v) is 5.97. The molecular weight excluding hydrogens is 318 g/mol. The largest absolute Gasteiger partial charge is 0.467 e. The van der Waals surface area contributed by atoms with Gasteiger partial charge in [0, 0.05) is 12.7 Å². The number of fused-ring (bicyclic) bond motifs is 1. The number of pyridine rings is 1. The van der Waals surface area contributed by atoms with Crippen molar-refractivity contribution in [2.24, 2.45) is 0 Å². The lowest BCUT2D eigenvalue weighted by Crippen LogP contribution is -2.43. The van der Waals surface area contributed by atoms with Gasteiger partial charge in [0.15, 0.2) is 11.5 Å². The molecule has 3 aromatic heterocycles. The lowest BCUT2D eigenvalue weighted by Gasteiger charge is -2.23. The van der Waals surface area contributed by atoms with Gasteiger partial charge in [-0.15, -0.1) is 0 Å². The van der Waals surface area contributed by atoms with E-state index in [2.05, 4.69) is 16.4 Å². The van der Waals surface area contributed by atoms with Crippen LogP contribution in [-0.4, -0.2) is 27.9 Å². The zero-order chi connectivity index (χ0) is 17.2. The summed E-state index contributed by atoms with van der Waals surface area (Å²) in [5.41, 5.74) is 1.16. The van der Waals surface area contributed by atoms with E-state index in [4.69, 9.17) is 4.42 Å². The SMILES string of the molecule is N#Cc1c(N2CCCC2C(=O)NCc2ccco2)nc2ccccn12. The fourth-order valence-electron chi connectivity index (χ4n) is 3.29. The summed E-state index contributed by atoms with van der Waals surface area (Å²) in [6, 6.07) is 11.1. The summed E-state index contributed by atoms with van der Waals surface area (Å²) in [6.07, 6.45) is 5.02. The van der Waals surface area contributed by atoms with Gasteiger partial charge in [-0.3, -0.25) is 9.20 Å². The highest BCUT2D eigenvalue weighted by Gasteiger charge is 2.34. The summed E-state index contributed by atoms with van der Waals surface area (Å²) in [5, 5.41) is 12.5. The molecule has 1 aliphatic heterocycles. The minimum absolute atomic E-state index is 0.0742. The number of aromatic nitrogens is 2. The number of furan rings is 1. The molecule has 1 N–H and O–H groups in total. The molecule has 1 amide bonds. The predicted molar refractivity (Wildman–Crippen MR) is 90.8 cm³/mol. The van der Waals surface area contributed by atoms with E-state index in [-0.39, 0.29) is 11.9 Å². The number of hydrogen-bond donors (Lipinski definition) is 1. The molecule has 0 aromatic carbocycles. The Kier molecular flexibility index (Phi) is 3.86. The van der Waals surface area contributed by atoms with Gasteiger partial charge in [0.25, 0.3) is 0 Å². The van der Waals surface area contributed by atoms with Crippen LogP contribution in [0.5, 0.6) is 0 Å². The lowest BCUT2D eigenvalue weighted by molar-refractivity contribution is -0.122. The molecule has 4 heterocycles. The summed E-state index contributed by atoms with van der Waals surface area (Å²) in [5.74, 6) is 1.21. The molecule has 3 aromatic rings. The Balaban J connectivity index is 1.59. The zero-order valence-electron chi connectivity index (χ0n) is 13.6. The first-order chi connectivity index (χ1) is 12.3. The third kappa shape index (κ3) is 2.72. The molecule has 1 saturated heterocycles. The number of amides is 1. The van der Waals surface area contributed by atoms with Crippen molar-refractivity contribution < 1.29 is 9.21 Å². The number of rotatable bonds is 4. The zero-order valence-corrected chi connectivity index (χ0v) is 13.6. The number of carbonyl (C=O) groups is 1. The van der Waals surface area contributed by atoms with Crippen LogP contribution in [0.3, 0.4) is 0 Å². The highest BCUT2D eigenvalue weighted by Crippen LogP contribution is 2.28. The fraction of sp³-hybridized carbons (Fsp3) is 0.278. The van der Waals surface area contributed by atoms with E-state index >= 15 is 0 Å². The summed E-state index contributed by atoms with van der Waals surface area (Å²) in [6.45, 7) is 1.06. The maximum Gasteiger partial charge on any atom is 0.243 e. The van der Waals surface area contributed by atoms with Crippen molar-refractivity contribution in [2.45, 2.75) is 25.4 Å². The highest BCUT2D eigenvalue weighted by atomic mass is 16.3. The first-order valence-electron chi connectivity index (χ1n) is 8.22. The van der Waals surface area contributed by atoms with Gasteiger partial charge in [-0.1, -0.05) is 6.07 Å². The number of carbonyl (C=O) groups excluding carboxylic acids is 1. The Labute approximate surface area is 144 Å². The standard InChI is InChI=1S/C18H17N5O2/c19-11-15-17(21-16-7-1-2-8-22(15)16)23-9-3-6-14(23)18(24)20-12-13-5-4-10-25-13/h1-2,4-5,7-8,10,14H,3,6,9,12H2,(H,20,24). The van der Waals surface area contributed by atoms with Gasteiger partial charge in [0.1, 0.15) is 23.5 Å². The van der Waals surface area contributed by atoms with Crippen molar-refractivity contribution in [2.75, 3.05) is 11.4 Å². The topological polar surface area (TPSA) is 86.6 Å². The van der Waals surface area contributed by atoms with Crippen molar-refractivity contribution in [3.8, 4) is 6.07 Å². The van der Waals surface area contributed by atoms with Gasteiger partial charge in [0.05, 0.1) is 12.8 Å². The van der Waals surface area contributed by atoms with Gasteiger partial charge in [0.2, 0.25) is 5.91 Å². The first-order valence-corrected chi connectivity index (χ1v) is 8.22. The molecule has 1 atom stereocenters. The van der Waals surface area contributed by atoms with Crippen LogP contribution < -0.4 is 10.2 Å². The third-order valence-corrected chi connectivity index (χ3v) is 4.46. The number of nitrogens with one attached hydrogen (secondary N) is 1. The van der Waals surface area contributed by atoms with Crippen LogP contribution in [0, 0.1) is 11.3 Å². The molecule has 0 aliphatic carbocycles. The average molecular weight is 335 g/mol. The monoisotopic (exact) mass is 335 g/mol. The van der Waals surface area contributed by atoms with Crippen LogP contribution in [-0.2, 0) is 11.3 Å². The molecule has 1 unspecified atom stereocenters. The molecule has 4 rings (SSSR count). The molecule has 7 heteroatoms. The lowest BCUT2D eigenvalue weighted by atomic mass is 10.2. The molecule has 0 saturated carbocycles. The molecule has 0 bridgehead atoms. The Morgan fingerprint density at radius 3 is 3.12 bits per heavy atom.